The summed E-state index contributed by atoms with van der Waals surface area (Å²) in [4.78, 5) is 1.40. The fraction of sp³-hybridized carbons (Fsp3) is 0.417. The Kier molecular flexibility index (Phi) is 13.1. The van der Waals surface area contributed by atoms with Crippen molar-refractivity contribution in [1.82, 2.24) is 5.32 Å². The van der Waals surface area contributed by atoms with E-state index in [-0.39, 0.29) is 11.3 Å². The number of rotatable bonds is 11. The Hall–Kier alpha value is -1.85. The molecule has 0 aliphatic carbocycles. The summed E-state index contributed by atoms with van der Waals surface area (Å²) in [6.45, 7) is 9.31. The van der Waals surface area contributed by atoms with Gasteiger partial charge in [-0.3, -0.25) is 0 Å². The van der Waals surface area contributed by atoms with Gasteiger partial charge in [0.05, 0.1) is 6.04 Å². The summed E-state index contributed by atoms with van der Waals surface area (Å²) >= 11 is 6.55. The maximum Gasteiger partial charge on any atom is 0.0505 e. The summed E-state index contributed by atoms with van der Waals surface area (Å²) in [7, 11) is 0. The number of benzene rings is 1. The zero-order chi connectivity index (χ0) is 21.5. The number of allylic oxidation sites excluding steroid dienone is 1. The van der Waals surface area contributed by atoms with Gasteiger partial charge in [-0.05, 0) is 67.6 Å². The van der Waals surface area contributed by atoms with Crippen LogP contribution >= 0.6 is 24.0 Å². The smallest absolute Gasteiger partial charge is 0.0505 e. The largest absolute Gasteiger partial charge is 0.405 e. The summed E-state index contributed by atoms with van der Waals surface area (Å²) in [5.41, 5.74) is 9.09. The number of thiol groups is 1. The fourth-order valence-corrected chi connectivity index (χ4v) is 3.93. The first kappa shape index (κ1) is 25.2. The molecule has 0 saturated carbocycles. The molecule has 1 heterocycles. The van der Waals surface area contributed by atoms with Gasteiger partial charge in [-0.2, -0.15) is 12.6 Å². The van der Waals surface area contributed by atoms with Crippen LogP contribution in [0.2, 0.25) is 0 Å². The number of nitrogens with two attached hydrogens (primary N) is 1. The molecule has 2 aromatic rings. The molecule has 29 heavy (non-hydrogen) atoms. The first-order valence-corrected chi connectivity index (χ1v) is 11.9. The van der Waals surface area contributed by atoms with Crippen molar-refractivity contribution in [3.8, 4) is 0 Å². The van der Waals surface area contributed by atoms with Crippen LogP contribution in [0.5, 0.6) is 0 Å². The van der Waals surface area contributed by atoms with Gasteiger partial charge in [0.1, 0.15) is 0 Å². The molecular formula is C24H37N3S2. The average Bonchev–Trinajstić information content (AvgIpc) is 3.26. The van der Waals surface area contributed by atoms with Gasteiger partial charge in [-0.15, -0.1) is 11.3 Å². The third-order valence-electron chi connectivity index (χ3n) is 4.29. The average molecular weight is 432 g/mol. The molecule has 0 amide bonds. The Bertz CT molecular complexity index is 723. The zero-order valence-electron chi connectivity index (χ0n) is 18.2. The summed E-state index contributed by atoms with van der Waals surface area (Å²) in [5, 5.41) is 9.39. The lowest BCUT2D eigenvalue weighted by Gasteiger charge is -2.21. The number of nitrogens with one attached hydrogen (secondary N) is 2. The van der Waals surface area contributed by atoms with E-state index >= 15 is 0 Å². The molecule has 0 aliphatic heterocycles. The second-order valence-electron chi connectivity index (χ2n) is 6.55. The van der Waals surface area contributed by atoms with Crippen molar-refractivity contribution in [3.63, 3.8) is 0 Å². The van der Waals surface area contributed by atoms with Crippen molar-refractivity contribution in [2.45, 2.75) is 58.2 Å². The van der Waals surface area contributed by atoms with Crippen molar-refractivity contribution >= 4 is 29.7 Å². The molecule has 4 N–H and O–H groups in total. The van der Waals surface area contributed by atoms with Crippen molar-refractivity contribution in [3.05, 3.63) is 76.3 Å². The monoisotopic (exact) mass is 431 g/mol. The van der Waals surface area contributed by atoms with Crippen LogP contribution in [-0.4, -0.2) is 11.8 Å². The number of hydrogen-bond acceptors (Lipinski definition) is 5. The van der Waals surface area contributed by atoms with Gasteiger partial charge < -0.3 is 16.4 Å². The molecule has 0 spiro atoms. The molecule has 1 aromatic carbocycles. The summed E-state index contributed by atoms with van der Waals surface area (Å²) in [6, 6.07) is 12.9. The maximum absolute atomic E-state index is 5.67. The van der Waals surface area contributed by atoms with E-state index in [0.717, 1.165) is 31.5 Å². The minimum atomic E-state index is 0.158. The van der Waals surface area contributed by atoms with Crippen LogP contribution in [0.25, 0.3) is 0 Å². The number of aryl methyl sites for hydroxylation is 1. The van der Waals surface area contributed by atoms with E-state index in [1.54, 1.807) is 17.5 Å². The van der Waals surface area contributed by atoms with E-state index in [4.69, 9.17) is 18.4 Å². The van der Waals surface area contributed by atoms with Crippen LogP contribution in [-0.2, 0) is 6.42 Å². The third kappa shape index (κ3) is 9.46. The molecule has 1 aromatic heterocycles. The van der Waals surface area contributed by atoms with Crippen molar-refractivity contribution < 1.29 is 0 Å². The SMILES string of the molecule is CC.CCCNc1ccccc1C(C)NC(/C=C\N)=C/C(S)CCc1cccs1. The predicted octanol–water partition coefficient (Wildman–Crippen LogP) is 6.53. The third-order valence-corrected chi connectivity index (χ3v) is 5.63. The Labute approximate surface area is 186 Å². The van der Waals surface area contributed by atoms with Gasteiger partial charge in [0.15, 0.2) is 0 Å². The van der Waals surface area contributed by atoms with Crippen molar-refractivity contribution in [2.75, 3.05) is 11.9 Å². The van der Waals surface area contributed by atoms with Gasteiger partial charge in [0, 0.05) is 28.1 Å². The minimum Gasteiger partial charge on any atom is -0.405 e. The molecule has 2 rings (SSSR count). The van der Waals surface area contributed by atoms with Crippen LogP contribution in [0.1, 0.15) is 57.0 Å². The van der Waals surface area contributed by atoms with E-state index in [9.17, 15) is 0 Å². The Morgan fingerprint density at radius 1 is 1.21 bits per heavy atom. The second-order valence-corrected chi connectivity index (χ2v) is 8.24. The van der Waals surface area contributed by atoms with Crippen LogP contribution < -0.4 is 16.4 Å². The molecule has 0 bridgehead atoms. The molecular weight excluding hydrogens is 394 g/mol. The minimum absolute atomic E-state index is 0.158. The lowest BCUT2D eigenvalue weighted by Crippen LogP contribution is -2.20. The molecule has 160 valence electrons. The highest BCUT2D eigenvalue weighted by Gasteiger charge is 2.11. The second kappa shape index (κ2) is 15.1. The molecule has 0 radical (unpaired) electrons. The Morgan fingerprint density at radius 3 is 2.62 bits per heavy atom. The zero-order valence-corrected chi connectivity index (χ0v) is 19.9. The predicted molar refractivity (Wildman–Crippen MR) is 135 cm³/mol. The summed E-state index contributed by atoms with van der Waals surface area (Å²) in [6.07, 6.45) is 8.78. The standard InChI is InChI=1S/C22H31N3S2.C2H6/c1-3-14-24-22-9-5-4-8-21(22)17(2)25-18(12-13-23)16-19(26)10-11-20-7-6-15-27-20;1-2/h4-9,12-13,15-17,19,24-26H,3,10-11,14,23H2,1-2H3;1-2H3/b13-12-,18-16+;. The lowest BCUT2D eigenvalue weighted by molar-refractivity contribution is 0.662. The van der Waals surface area contributed by atoms with Crippen LogP contribution in [0, 0.1) is 0 Å². The molecule has 0 saturated heterocycles. The van der Waals surface area contributed by atoms with Crippen LogP contribution in [0.4, 0.5) is 5.69 Å². The van der Waals surface area contributed by atoms with E-state index < -0.39 is 0 Å². The molecule has 0 fully saturated rings. The van der Waals surface area contributed by atoms with Gasteiger partial charge in [-0.25, -0.2) is 0 Å². The van der Waals surface area contributed by atoms with E-state index in [1.165, 1.54) is 16.1 Å². The van der Waals surface area contributed by atoms with Gasteiger partial charge >= 0.3 is 0 Å². The summed E-state index contributed by atoms with van der Waals surface area (Å²) in [5.74, 6) is 0. The Balaban J connectivity index is 0.00000204. The van der Waals surface area contributed by atoms with E-state index in [2.05, 4.69) is 72.3 Å². The van der Waals surface area contributed by atoms with Crippen LogP contribution in [0.15, 0.2) is 65.8 Å². The normalized spacial score (nSPS) is 13.5. The number of anilines is 1. The highest BCUT2D eigenvalue weighted by atomic mass is 32.1. The molecule has 2 atom stereocenters. The van der Waals surface area contributed by atoms with Crippen molar-refractivity contribution in [1.29, 1.82) is 0 Å². The van der Waals surface area contributed by atoms with E-state index in [0.29, 0.717) is 0 Å². The van der Waals surface area contributed by atoms with Gasteiger partial charge in [0.25, 0.3) is 0 Å². The molecule has 0 aliphatic rings. The van der Waals surface area contributed by atoms with Crippen molar-refractivity contribution in [2.24, 2.45) is 5.73 Å². The number of thiophene rings is 1. The molecule has 3 nitrogen and oxygen atoms in total. The molecule has 5 heteroatoms. The first-order chi connectivity index (χ1) is 14.1. The molecule has 2 unspecified atom stereocenters. The van der Waals surface area contributed by atoms with Crippen LogP contribution in [0.3, 0.4) is 0 Å². The van der Waals surface area contributed by atoms with Gasteiger partial charge in [0.2, 0.25) is 0 Å². The van der Waals surface area contributed by atoms with E-state index in [1.807, 2.05) is 19.9 Å². The summed E-state index contributed by atoms with van der Waals surface area (Å²) < 4.78 is 0. The number of para-hydroxylation sites is 1. The highest BCUT2D eigenvalue weighted by Crippen LogP contribution is 2.24. The first-order valence-electron chi connectivity index (χ1n) is 10.5. The van der Waals surface area contributed by atoms with Gasteiger partial charge in [-0.1, -0.05) is 45.0 Å². The highest BCUT2D eigenvalue weighted by molar-refractivity contribution is 7.81. The quantitative estimate of drug-likeness (QED) is 0.241. The fourth-order valence-electron chi connectivity index (χ4n) is 2.91. The Morgan fingerprint density at radius 2 is 1.97 bits per heavy atom. The number of hydrogen-bond donors (Lipinski definition) is 4. The lowest BCUT2D eigenvalue weighted by atomic mass is 10.1. The topological polar surface area (TPSA) is 50.1 Å². The maximum atomic E-state index is 5.67.